The van der Waals surface area contributed by atoms with Crippen LogP contribution in [-0.2, 0) is 6.42 Å². The van der Waals surface area contributed by atoms with Crippen LogP contribution >= 0.6 is 0 Å². The molecule has 1 aromatic heterocycles. The highest BCUT2D eigenvalue weighted by molar-refractivity contribution is 5.38. The molecule has 1 aromatic rings. The first-order chi connectivity index (χ1) is 8.74. The molecule has 0 amide bonds. The van der Waals surface area contributed by atoms with E-state index in [-0.39, 0.29) is 18.5 Å². The predicted octanol–water partition coefficient (Wildman–Crippen LogP) is 2.14. The van der Waals surface area contributed by atoms with Gasteiger partial charge in [0.15, 0.2) is 11.6 Å². The van der Waals surface area contributed by atoms with E-state index in [4.69, 9.17) is 5.11 Å². The van der Waals surface area contributed by atoms with E-state index in [1.165, 1.54) is 6.33 Å². The molecule has 2 rings (SSSR count). The third-order valence-electron chi connectivity index (χ3n) is 3.64. The minimum absolute atomic E-state index is 0.252. The van der Waals surface area contributed by atoms with Gasteiger partial charge in [0.2, 0.25) is 0 Å². The fourth-order valence-electron chi connectivity index (χ4n) is 2.44. The molecule has 1 heterocycles. The third kappa shape index (κ3) is 2.96. The summed E-state index contributed by atoms with van der Waals surface area (Å²) < 4.78 is 13.9. The monoisotopic (exact) mass is 253 g/mol. The molecule has 0 atom stereocenters. The average molecular weight is 253 g/mol. The Balaban J connectivity index is 1.98. The van der Waals surface area contributed by atoms with E-state index in [9.17, 15) is 4.39 Å². The summed E-state index contributed by atoms with van der Waals surface area (Å²) in [7, 11) is 0. The number of nitrogens with one attached hydrogen (secondary N) is 1. The molecule has 0 unspecified atom stereocenters. The Kier molecular flexibility index (Phi) is 4.47. The molecule has 0 aromatic carbocycles. The highest BCUT2D eigenvalue weighted by Crippen LogP contribution is 2.26. The predicted molar refractivity (Wildman–Crippen MR) is 67.8 cm³/mol. The summed E-state index contributed by atoms with van der Waals surface area (Å²) in [5.74, 6) is 0.392. The van der Waals surface area contributed by atoms with E-state index in [2.05, 4.69) is 15.3 Å². The summed E-state index contributed by atoms with van der Waals surface area (Å²) in [5, 5.41) is 12.2. The Bertz CT molecular complexity index is 392. The Morgan fingerprint density at radius 1 is 1.33 bits per heavy atom. The lowest BCUT2D eigenvalue weighted by molar-refractivity contribution is 0.185. The largest absolute Gasteiger partial charge is 0.396 e. The van der Waals surface area contributed by atoms with Crippen molar-refractivity contribution in [1.29, 1.82) is 0 Å². The van der Waals surface area contributed by atoms with E-state index in [0.29, 0.717) is 23.9 Å². The topological polar surface area (TPSA) is 58.0 Å². The Hall–Kier alpha value is -1.23. The molecule has 100 valence electrons. The van der Waals surface area contributed by atoms with Crippen molar-refractivity contribution in [3.05, 3.63) is 17.8 Å². The molecule has 2 N–H and O–H groups in total. The van der Waals surface area contributed by atoms with Crippen molar-refractivity contribution in [3.63, 3.8) is 0 Å². The summed E-state index contributed by atoms with van der Waals surface area (Å²) in [6.07, 6.45) is 5.86. The lowest BCUT2D eigenvalue weighted by Crippen LogP contribution is -2.28. The second kappa shape index (κ2) is 6.09. The molecule has 0 aliphatic heterocycles. The molecule has 1 aliphatic rings. The van der Waals surface area contributed by atoms with E-state index < -0.39 is 0 Å². The Labute approximate surface area is 107 Å². The van der Waals surface area contributed by atoms with Crippen molar-refractivity contribution in [2.45, 2.75) is 45.1 Å². The van der Waals surface area contributed by atoms with Gasteiger partial charge >= 0.3 is 0 Å². The second-order valence-corrected chi connectivity index (χ2v) is 4.88. The fourth-order valence-corrected chi connectivity index (χ4v) is 2.44. The number of nitrogens with zero attached hydrogens (tertiary/aromatic N) is 2. The van der Waals surface area contributed by atoms with Crippen molar-refractivity contribution < 1.29 is 9.50 Å². The van der Waals surface area contributed by atoms with Gasteiger partial charge in [-0.15, -0.1) is 0 Å². The molecule has 1 aliphatic carbocycles. The highest BCUT2D eigenvalue weighted by Gasteiger charge is 2.22. The van der Waals surface area contributed by atoms with Crippen LogP contribution in [0.5, 0.6) is 0 Å². The van der Waals surface area contributed by atoms with Crippen LogP contribution in [0.15, 0.2) is 6.33 Å². The molecular weight excluding hydrogens is 233 g/mol. The molecule has 4 nitrogen and oxygen atoms in total. The summed E-state index contributed by atoms with van der Waals surface area (Å²) in [6.45, 7) is 2.14. The first-order valence-corrected chi connectivity index (χ1v) is 6.61. The smallest absolute Gasteiger partial charge is 0.186 e. The summed E-state index contributed by atoms with van der Waals surface area (Å²) >= 11 is 0. The lowest BCUT2D eigenvalue weighted by Gasteiger charge is -2.28. The average Bonchev–Trinajstić information content (AvgIpc) is 2.42. The molecule has 18 heavy (non-hydrogen) atoms. The lowest BCUT2D eigenvalue weighted by atomic mass is 9.86. The number of aliphatic hydroxyl groups excluding tert-OH is 1. The molecule has 5 heteroatoms. The number of aromatic nitrogens is 2. The van der Waals surface area contributed by atoms with Crippen molar-refractivity contribution in [2.24, 2.45) is 5.92 Å². The van der Waals surface area contributed by atoms with Gasteiger partial charge in [0.05, 0.1) is 5.69 Å². The van der Waals surface area contributed by atoms with Crippen molar-refractivity contribution in [1.82, 2.24) is 9.97 Å². The normalized spacial score (nSPS) is 23.9. The van der Waals surface area contributed by atoms with Gasteiger partial charge in [-0.05, 0) is 38.0 Å². The number of anilines is 1. The van der Waals surface area contributed by atoms with Crippen molar-refractivity contribution in [3.8, 4) is 0 Å². The number of halogens is 1. The Morgan fingerprint density at radius 3 is 2.67 bits per heavy atom. The van der Waals surface area contributed by atoms with Crippen LogP contribution in [0.3, 0.4) is 0 Å². The van der Waals surface area contributed by atoms with Crippen LogP contribution in [0.25, 0.3) is 0 Å². The maximum Gasteiger partial charge on any atom is 0.186 e. The first kappa shape index (κ1) is 13.2. The zero-order chi connectivity index (χ0) is 13.0. The maximum absolute atomic E-state index is 13.9. The first-order valence-electron chi connectivity index (χ1n) is 6.61. The number of aryl methyl sites for hydroxylation is 1. The number of rotatable bonds is 4. The standard InChI is InChI=1S/C13H20FN3O/c1-2-11-12(14)13(16-8-15-11)17-10-5-3-9(7-18)4-6-10/h8-10,18H,2-7H2,1H3,(H,15,16,17). The van der Waals surface area contributed by atoms with Gasteiger partial charge in [-0.1, -0.05) is 6.92 Å². The number of aliphatic hydroxyl groups is 1. The van der Waals surface area contributed by atoms with Crippen LogP contribution in [0.1, 0.15) is 38.3 Å². The van der Waals surface area contributed by atoms with Crippen molar-refractivity contribution >= 4 is 5.82 Å². The van der Waals surface area contributed by atoms with Gasteiger partial charge in [-0.3, -0.25) is 0 Å². The van der Waals surface area contributed by atoms with Crippen LogP contribution in [0, 0.1) is 11.7 Å². The SMILES string of the molecule is CCc1ncnc(NC2CCC(CO)CC2)c1F. The molecule has 1 saturated carbocycles. The van der Waals surface area contributed by atoms with Crippen LogP contribution < -0.4 is 5.32 Å². The van der Waals surface area contributed by atoms with Crippen LogP contribution in [-0.4, -0.2) is 27.7 Å². The molecule has 0 bridgehead atoms. The van der Waals surface area contributed by atoms with E-state index in [1.54, 1.807) is 0 Å². The van der Waals surface area contributed by atoms with E-state index in [1.807, 2.05) is 6.92 Å². The molecule has 0 radical (unpaired) electrons. The van der Waals surface area contributed by atoms with Gasteiger partial charge in [-0.25, -0.2) is 14.4 Å². The van der Waals surface area contributed by atoms with Gasteiger partial charge in [-0.2, -0.15) is 0 Å². The van der Waals surface area contributed by atoms with Crippen LogP contribution in [0.4, 0.5) is 10.2 Å². The number of hydrogen-bond acceptors (Lipinski definition) is 4. The Morgan fingerprint density at radius 2 is 2.06 bits per heavy atom. The molecule has 0 spiro atoms. The summed E-state index contributed by atoms with van der Waals surface area (Å²) in [4.78, 5) is 7.89. The minimum atomic E-state index is -0.329. The molecular formula is C13H20FN3O. The summed E-state index contributed by atoms with van der Waals surface area (Å²) in [5.41, 5.74) is 0.455. The minimum Gasteiger partial charge on any atom is -0.396 e. The summed E-state index contributed by atoms with van der Waals surface area (Å²) in [6, 6.07) is 0.252. The third-order valence-corrected chi connectivity index (χ3v) is 3.64. The quantitative estimate of drug-likeness (QED) is 0.863. The molecule has 0 saturated heterocycles. The zero-order valence-corrected chi connectivity index (χ0v) is 10.7. The highest BCUT2D eigenvalue weighted by atomic mass is 19.1. The van der Waals surface area contributed by atoms with E-state index >= 15 is 0 Å². The van der Waals surface area contributed by atoms with Gasteiger partial charge in [0.1, 0.15) is 6.33 Å². The maximum atomic E-state index is 13.9. The molecule has 1 fully saturated rings. The fraction of sp³-hybridized carbons (Fsp3) is 0.692. The van der Waals surface area contributed by atoms with Crippen molar-refractivity contribution in [2.75, 3.05) is 11.9 Å². The van der Waals surface area contributed by atoms with Gasteiger partial charge in [0, 0.05) is 12.6 Å². The number of hydrogen-bond donors (Lipinski definition) is 2. The second-order valence-electron chi connectivity index (χ2n) is 4.88. The van der Waals surface area contributed by atoms with Crippen LogP contribution in [0.2, 0.25) is 0 Å². The zero-order valence-electron chi connectivity index (χ0n) is 10.7. The van der Waals surface area contributed by atoms with E-state index in [0.717, 1.165) is 25.7 Å². The van der Waals surface area contributed by atoms with Gasteiger partial charge in [0.25, 0.3) is 0 Å². The van der Waals surface area contributed by atoms with Gasteiger partial charge < -0.3 is 10.4 Å².